The molecule has 3 heterocycles. The van der Waals surface area contributed by atoms with Gasteiger partial charge in [0.25, 0.3) is 0 Å². The van der Waals surface area contributed by atoms with E-state index in [1.165, 1.54) is 12.1 Å². The van der Waals surface area contributed by atoms with E-state index in [1.54, 1.807) is 36.9 Å². The van der Waals surface area contributed by atoms with Gasteiger partial charge in [0.2, 0.25) is 5.95 Å². The molecule has 30 heavy (non-hydrogen) atoms. The van der Waals surface area contributed by atoms with Crippen molar-refractivity contribution in [3.63, 3.8) is 0 Å². The van der Waals surface area contributed by atoms with Crippen LogP contribution in [0.5, 0.6) is 0 Å². The summed E-state index contributed by atoms with van der Waals surface area (Å²) in [6.45, 7) is 0.515. The quantitative estimate of drug-likeness (QED) is 0.466. The second-order valence-electron chi connectivity index (χ2n) is 6.62. The van der Waals surface area contributed by atoms with E-state index in [0.717, 1.165) is 17.0 Å². The third-order valence-electron chi connectivity index (χ3n) is 4.54. The molecule has 0 radical (unpaired) electrons. The van der Waals surface area contributed by atoms with Crippen LogP contribution in [0.3, 0.4) is 0 Å². The molecule has 1 aromatic carbocycles. The second kappa shape index (κ2) is 9.21. The molecule has 4 rings (SSSR count). The van der Waals surface area contributed by atoms with Crippen molar-refractivity contribution in [2.24, 2.45) is 0 Å². The molecule has 0 aliphatic rings. The second-order valence-corrected chi connectivity index (χ2v) is 6.62. The number of imidazole rings is 1. The number of anilines is 1. The molecule has 0 amide bonds. The first-order valence-electron chi connectivity index (χ1n) is 9.59. The summed E-state index contributed by atoms with van der Waals surface area (Å²) in [5, 5.41) is 3.17. The van der Waals surface area contributed by atoms with Crippen molar-refractivity contribution >= 4 is 5.95 Å². The number of pyridine rings is 1. The average Bonchev–Trinajstić information content (AvgIpc) is 3.21. The van der Waals surface area contributed by atoms with Crippen molar-refractivity contribution in [2.45, 2.75) is 19.5 Å². The summed E-state index contributed by atoms with van der Waals surface area (Å²) in [4.78, 5) is 17.7. The van der Waals surface area contributed by atoms with Crippen LogP contribution in [0, 0.1) is 5.82 Å². The molecule has 0 atom stereocenters. The highest BCUT2D eigenvalue weighted by Gasteiger charge is 2.17. The number of alkyl halides is 1. The van der Waals surface area contributed by atoms with Crippen molar-refractivity contribution in [1.29, 1.82) is 0 Å². The lowest BCUT2D eigenvalue weighted by Gasteiger charge is -2.11. The minimum atomic E-state index is -0.426. The highest BCUT2D eigenvalue weighted by Crippen LogP contribution is 2.31. The van der Waals surface area contributed by atoms with Crippen molar-refractivity contribution in [3.05, 3.63) is 78.8 Å². The van der Waals surface area contributed by atoms with Gasteiger partial charge in [-0.2, -0.15) is 0 Å². The first-order valence-corrected chi connectivity index (χ1v) is 9.59. The van der Waals surface area contributed by atoms with Crippen molar-refractivity contribution in [1.82, 2.24) is 24.5 Å². The van der Waals surface area contributed by atoms with Gasteiger partial charge < -0.3 is 9.88 Å². The van der Waals surface area contributed by atoms with E-state index in [4.69, 9.17) is 0 Å². The number of aryl methyl sites for hydroxylation is 1. The van der Waals surface area contributed by atoms with E-state index in [1.807, 2.05) is 22.8 Å². The molecule has 0 aliphatic carbocycles. The van der Waals surface area contributed by atoms with Crippen molar-refractivity contribution in [3.8, 4) is 22.6 Å². The van der Waals surface area contributed by atoms with Gasteiger partial charge in [-0.15, -0.1) is 0 Å². The number of aromatic nitrogens is 5. The summed E-state index contributed by atoms with van der Waals surface area (Å²) in [5.41, 5.74) is 3.66. The zero-order valence-electron chi connectivity index (χ0n) is 16.2. The number of hydrogen-bond acceptors (Lipinski definition) is 5. The Balaban J connectivity index is 1.67. The van der Waals surface area contributed by atoms with Crippen LogP contribution in [0.15, 0.2) is 67.3 Å². The van der Waals surface area contributed by atoms with Crippen LogP contribution in [0.25, 0.3) is 22.6 Å². The predicted molar refractivity (Wildman–Crippen MR) is 111 cm³/mol. The Hall–Kier alpha value is -3.68. The summed E-state index contributed by atoms with van der Waals surface area (Å²) >= 11 is 0. The van der Waals surface area contributed by atoms with Gasteiger partial charge in [-0.05, 0) is 48.9 Å². The average molecular weight is 406 g/mol. The Bertz CT molecular complexity index is 1100. The van der Waals surface area contributed by atoms with Crippen LogP contribution < -0.4 is 5.32 Å². The highest BCUT2D eigenvalue weighted by atomic mass is 19.1. The zero-order chi connectivity index (χ0) is 20.8. The fourth-order valence-corrected chi connectivity index (χ4v) is 3.12. The summed E-state index contributed by atoms with van der Waals surface area (Å²) in [6, 6.07) is 13.6. The first kappa shape index (κ1) is 19.6. The number of nitrogens with zero attached hydrogens (tertiary/aromatic N) is 5. The monoisotopic (exact) mass is 406 g/mol. The van der Waals surface area contributed by atoms with Crippen molar-refractivity contribution < 1.29 is 8.78 Å². The first-order chi connectivity index (χ1) is 14.7. The molecule has 4 aromatic rings. The van der Waals surface area contributed by atoms with E-state index in [2.05, 4.69) is 25.3 Å². The minimum Gasteiger partial charge on any atom is -0.349 e. The van der Waals surface area contributed by atoms with Gasteiger partial charge in [0.05, 0.1) is 42.3 Å². The van der Waals surface area contributed by atoms with Crippen LogP contribution >= 0.6 is 0 Å². The summed E-state index contributed by atoms with van der Waals surface area (Å²) in [6.07, 6.45) is 5.41. The molecule has 0 saturated carbocycles. The SMILES string of the molecule is FCCCn1cnc(-c2ccc(F)cc2)c1-c1ccnc(NCc2ccccn2)n1. The van der Waals surface area contributed by atoms with E-state index >= 15 is 0 Å². The standard InChI is InChI=1S/C22H20F2N6/c23-10-3-13-30-15-28-20(16-5-7-17(24)8-6-16)21(30)19-9-12-26-22(29-19)27-14-18-4-1-2-11-25-18/h1-2,4-9,11-12,15H,3,10,13-14H2,(H,26,27,29). The van der Waals surface area contributed by atoms with Gasteiger partial charge in [0.1, 0.15) is 5.82 Å². The van der Waals surface area contributed by atoms with Gasteiger partial charge in [-0.1, -0.05) is 6.07 Å². The van der Waals surface area contributed by atoms with Crippen molar-refractivity contribution in [2.75, 3.05) is 12.0 Å². The molecule has 0 bridgehead atoms. The lowest BCUT2D eigenvalue weighted by atomic mass is 10.1. The maximum absolute atomic E-state index is 13.4. The summed E-state index contributed by atoms with van der Waals surface area (Å²) in [5.74, 6) is 0.127. The number of benzene rings is 1. The third-order valence-corrected chi connectivity index (χ3v) is 4.54. The Morgan fingerprint density at radius 3 is 2.57 bits per heavy atom. The van der Waals surface area contributed by atoms with Gasteiger partial charge in [-0.25, -0.2) is 19.3 Å². The molecule has 0 fully saturated rings. The largest absolute Gasteiger partial charge is 0.349 e. The van der Waals surface area contributed by atoms with Gasteiger partial charge >= 0.3 is 0 Å². The lowest BCUT2D eigenvalue weighted by molar-refractivity contribution is 0.447. The number of nitrogens with one attached hydrogen (secondary N) is 1. The van der Waals surface area contributed by atoms with Crippen LogP contribution in [0.1, 0.15) is 12.1 Å². The Kier molecular flexibility index (Phi) is 6.03. The Morgan fingerprint density at radius 2 is 1.80 bits per heavy atom. The number of rotatable bonds is 8. The Morgan fingerprint density at radius 1 is 0.933 bits per heavy atom. The van der Waals surface area contributed by atoms with E-state index < -0.39 is 6.67 Å². The van der Waals surface area contributed by atoms with Gasteiger partial charge in [0.15, 0.2) is 0 Å². The molecule has 0 saturated heterocycles. The summed E-state index contributed by atoms with van der Waals surface area (Å²) in [7, 11) is 0. The molecule has 0 spiro atoms. The molecule has 6 nitrogen and oxygen atoms in total. The predicted octanol–water partition coefficient (Wildman–Crippen LogP) is 4.51. The fourth-order valence-electron chi connectivity index (χ4n) is 3.12. The molecule has 0 unspecified atom stereocenters. The van der Waals surface area contributed by atoms with Crippen LogP contribution in [-0.4, -0.2) is 31.2 Å². The molecule has 3 aromatic heterocycles. The molecule has 8 heteroatoms. The molecule has 1 N–H and O–H groups in total. The Labute approximate surface area is 172 Å². The molecule has 0 aliphatic heterocycles. The molecule has 152 valence electrons. The zero-order valence-corrected chi connectivity index (χ0v) is 16.2. The topological polar surface area (TPSA) is 68.5 Å². The number of hydrogen-bond donors (Lipinski definition) is 1. The van der Waals surface area contributed by atoms with Crippen LogP contribution in [-0.2, 0) is 13.1 Å². The fraction of sp³-hybridized carbons (Fsp3) is 0.182. The van der Waals surface area contributed by atoms with E-state index in [-0.39, 0.29) is 5.82 Å². The molecular weight excluding hydrogens is 386 g/mol. The van der Waals surface area contributed by atoms with E-state index in [0.29, 0.717) is 36.8 Å². The molecular formula is C22H20F2N6. The maximum Gasteiger partial charge on any atom is 0.223 e. The third kappa shape index (κ3) is 4.48. The smallest absolute Gasteiger partial charge is 0.223 e. The summed E-state index contributed by atoms with van der Waals surface area (Å²) < 4.78 is 28.0. The normalized spacial score (nSPS) is 10.9. The number of halogens is 2. The van der Waals surface area contributed by atoms with Gasteiger partial charge in [-0.3, -0.25) is 9.37 Å². The maximum atomic E-state index is 13.4. The van der Waals surface area contributed by atoms with Gasteiger partial charge in [0, 0.05) is 24.5 Å². The van der Waals surface area contributed by atoms with E-state index in [9.17, 15) is 8.78 Å². The van der Waals surface area contributed by atoms with Crippen LogP contribution in [0.4, 0.5) is 14.7 Å². The van der Waals surface area contributed by atoms with Crippen LogP contribution in [0.2, 0.25) is 0 Å². The lowest BCUT2D eigenvalue weighted by Crippen LogP contribution is -2.07. The minimum absolute atomic E-state index is 0.319. The highest BCUT2D eigenvalue weighted by molar-refractivity contribution is 5.77.